The van der Waals surface area contributed by atoms with Crippen LogP contribution in [0.5, 0.6) is 0 Å². The minimum atomic E-state index is -1.05. The fraction of sp³-hybridized carbons (Fsp3) is 0.333. The molecule has 0 saturated heterocycles. The van der Waals surface area contributed by atoms with E-state index in [2.05, 4.69) is 0 Å². The van der Waals surface area contributed by atoms with Crippen molar-refractivity contribution in [3.05, 3.63) is 41.0 Å². The molecule has 0 aliphatic carbocycles. The zero-order chi connectivity index (χ0) is 14.0. The molecule has 1 heterocycles. The fourth-order valence-corrected chi connectivity index (χ4v) is 2.27. The Hall–Kier alpha value is -2.10. The maximum absolute atomic E-state index is 12.4. The molecular formula is C15H17NO3. The molecule has 100 valence electrons. The molecule has 0 aromatic heterocycles. The van der Waals surface area contributed by atoms with Gasteiger partial charge in [0.1, 0.15) is 0 Å². The van der Waals surface area contributed by atoms with Crippen LogP contribution < -0.4 is 4.90 Å². The zero-order valence-corrected chi connectivity index (χ0v) is 11.1. The van der Waals surface area contributed by atoms with Crippen LogP contribution in [0, 0.1) is 0 Å². The van der Waals surface area contributed by atoms with Gasteiger partial charge in [-0.25, -0.2) is 4.79 Å². The molecule has 0 saturated carbocycles. The minimum Gasteiger partial charge on any atom is -0.478 e. The Morgan fingerprint density at radius 3 is 2.53 bits per heavy atom. The van der Waals surface area contributed by atoms with Gasteiger partial charge < -0.3 is 10.0 Å². The Morgan fingerprint density at radius 1 is 1.16 bits per heavy atom. The van der Waals surface area contributed by atoms with E-state index in [9.17, 15) is 9.59 Å². The van der Waals surface area contributed by atoms with Crippen LogP contribution in [0.15, 0.2) is 35.4 Å². The van der Waals surface area contributed by atoms with Crippen molar-refractivity contribution in [2.24, 2.45) is 0 Å². The van der Waals surface area contributed by atoms with Crippen LogP contribution in [0.1, 0.15) is 25.8 Å². The third-order valence-corrected chi connectivity index (χ3v) is 3.56. The lowest BCUT2D eigenvalue weighted by molar-refractivity contribution is -0.133. The zero-order valence-electron chi connectivity index (χ0n) is 11.1. The number of benzene rings is 1. The highest BCUT2D eigenvalue weighted by Crippen LogP contribution is 2.28. The summed E-state index contributed by atoms with van der Waals surface area (Å²) in [5, 5.41) is 8.97. The first-order valence-electron chi connectivity index (χ1n) is 6.33. The summed E-state index contributed by atoms with van der Waals surface area (Å²) < 4.78 is 0. The molecule has 1 aromatic carbocycles. The van der Waals surface area contributed by atoms with Gasteiger partial charge in [0.05, 0.1) is 0 Å². The highest BCUT2D eigenvalue weighted by Gasteiger charge is 2.24. The quantitative estimate of drug-likeness (QED) is 0.830. The second-order valence-corrected chi connectivity index (χ2v) is 4.74. The standard InChI is InChI=1S/C15H17NO3/c1-10(11(2)15(18)19)14(17)16-9-5-7-12-6-3-4-8-13(12)16/h3-4,6,8H,5,7,9H2,1-2H3,(H,18,19)/b11-10-. The molecule has 0 atom stereocenters. The smallest absolute Gasteiger partial charge is 0.331 e. The molecule has 4 nitrogen and oxygen atoms in total. The lowest BCUT2D eigenvalue weighted by atomic mass is 10.0. The fourth-order valence-electron chi connectivity index (χ4n) is 2.27. The molecule has 0 bridgehead atoms. The first-order chi connectivity index (χ1) is 9.02. The third-order valence-electron chi connectivity index (χ3n) is 3.56. The first-order valence-corrected chi connectivity index (χ1v) is 6.33. The number of hydrogen-bond acceptors (Lipinski definition) is 2. The number of aliphatic carboxylic acids is 1. The monoisotopic (exact) mass is 259 g/mol. The predicted molar refractivity (Wildman–Crippen MR) is 73.1 cm³/mol. The minimum absolute atomic E-state index is 0.105. The number of hydrogen-bond donors (Lipinski definition) is 1. The molecule has 0 unspecified atom stereocenters. The SMILES string of the molecule is C/C(C(=O)O)=C(\C)C(=O)N1CCCc2ccccc21. The van der Waals surface area contributed by atoms with Crippen molar-refractivity contribution >= 4 is 17.6 Å². The van der Waals surface area contributed by atoms with Gasteiger partial charge in [0.15, 0.2) is 0 Å². The second kappa shape index (κ2) is 5.26. The number of amides is 1. The van der Waals surface area contributed by atoms with Gasteiger partial charge >= 0.3 is 5.97 Å². The van der Waals surface area contributed by atoms with Crippen molar-refractivity contribution in [1.82, 2.24) is 0 Å². The lowest BCUT2D eigenvalue weighted by Crippen LogP contribution is -2.36. The number of carboxylic acids is 1. The molecule has 19 heavy (non-hydrogen) atoms. The van der Waals surface area contributed by atoms with Crippen LogP contribution in [-0.4, -0.2) is 23.5 Å². The highest BCUT2D eigenvalue weighted by molar-refractivity contribution is 6.09. The van der Waals surface area contributed by atoms with Crippen LogP contribution in [0.3, 0.4) is 0 Å². The Kier molecular flexibility index (Phi) is 3.69. The number of rotatable bonds is 2. The Labute approximate surface area is 112 Å². The summed E-state index contributed by atoms with van der Waals surface area (Å²) in [7, 11) is 0. The van der Waals surface area contributed by atoms with E-state index in [-0.39, 0.29) is 11.5 Å². The maximum Gasteiger partial charge on any atom is 0.331 e. The maximum atomic E-state index is 12.4. The van der Waals surface area contributed by atoms with E-state index in [1.807, 2.05) is 24.3 Å². The van der Waals surface area contributed by atoms with Gasteiger partial charge in [0.25, 0.3) is 5.91 Å². The number of para-hydroxylation sites is 1. The molecule has 1 aliphatic rings. The van der Waals surface area contributed by atoms with Gasteiger partial charge in [-0.3, -0.25) is 4.79 Å². The van der Waals surface area contributed by atoms with E-state index in [4.69, 9.17) is 5.11 Å². The summed E-state index contributed by atoms with van der Waals surface area (Å²) in [6.07, 6.45) is 1.86. The summed E-state index contributed by atoms with van der Waals surface area (Å²) >= 11 is 0. The van der Waals surface area contributed by atoms with Crippen molar-refractivity contribution in [3.8, 4) is 0 Å². The van der Waals surface area contributed by atoms with Crippen molar-refractivity contribution in [2.45, 2.75) is 26.7 Å². The third kappa shape index (κ3) is 2.52. The van der Waals surface area contributed by atoms with Crippen LogP contribution in [-0.2, 0) is 16.0 Å². The number of carbonyl (C=O) groups is 2. The lowest BCUT2D eigenvalue weighted by Gasteiger charge is -2.30. The highest BCUT2D eigenvalue weighted by atomic mass is 16.4. The molecule has 2 rings (SSSR count). The van der Waals surface area contributed by atoms with Gasteiger partial charge in [-0.1, -0.05) is 18.2 Å². The average molecular weight is 259 g/mol. The molecule has 1 aromatic rings. The van der Waals surface area contributed by atoms with Crippen LogP contribution in [0.25, 0.3) is 0 Å². The molecule has 0 fully saturated rings. The molecule has 4 heteroatoms. The number of carboxylic acid groups (broad SMARTS) is 1. The van der Waals surface area contributed by atoms with Gasteiger partial charge in [0.2, 0.25) is 0 Å². The summed E-state index contributed by atoms with van der Waals surface area (Å²) in [5.74, 6) is -1.26. The Morgan fingerprint density at radius 2 is 1.84 bits per heavy atom. The van der Waals surface area contributed by atoms with E-state index in [0.717, 1.165) is 24.1 Å². The number of nitrogens with zero attached hydrogens (tertiary/aromatic N) is 1. The number of aryl methyl sites for hydroxylation is 1. The van der Waals surface area contributed by atoms with Gasteiger partial charge in [-0.2, -0.15) is 0 Å². The molecule has 0 radical (unpaired) electrons. The van der Waals surface area contributed by atoms with Crippen LogP contribution in [0.2, 0.25) is 0 Å². The van der Waals surface area contributed by atoms with Crippen molar-refractivity contribution in [2.75, 3.05) is 11.4 Å². The van der Waals surface area contributed by atoms with Crippen LogP contribution in [0.4, 0.5) is 5.69 Å². The number of fused-ring (bicyclic) bond motifs is 1. The molecule has 1 aliphatic heterocycles. The van der Waals surface area contributed by atoms with E-state index in [0.29, 0.717) is 12.1 Å². The van der Waals surface area contributed by atoms with Gasteiger partial charge in [0, 0.05) is 23.4 Å². The van der Waals surface area contributed by atoms with E-state index in [1.165, 1.54) is 6.92 Å². The summed E-state index contributed by atoms with van der Waals surface area (Å²) in [6.45, 7) is 3.68. The molecule has 1 amide bonds. The molecular weight excluding hydrogens is 242 g/mol. The Bertz CT molecular complexity index is 560. The van der Waals surface area contributed by atoms with Gasteiger partial charge in [-0.15, -0.1) is 0 Å². The van der Waals surface area contributed by atoms with Crippen molar-refractivity contribution < 1.29 is 14.7 Å². The molecule has 1 N–H and O–H groups in total. The second-order valence-electron chi connectivity index (χ2n) is 4.74. The van der Waals surface area contributed by atoms with Gasteiger partial charge in [-0.05, 0) is 38.3 Å². The summed E-state index contributed by atoms with van der Waals surface area (Å²) in [6, 6.07) is 7.78. The predicted octanol–water partition coefficient (Wildman–Crippen LogP) is 2.39. The largest absolute Gasteiger partial charge is 0.478 e. The summed E-state index contributed by atoms with van der Waals surface area (Å²) in [4.78, 5) is 25.0. The number of anilines is 1. The topological polar surface area (TPSA) is 57.6 Å². The normalized spacial score (nSPS) is 15.6. The molecule has 0 spiro atoms. The van der Waals surface area contributed by atoms with E-state index < -0.39 is 5.97 Å². The van der Waals surface area contributed by atoms with Crippen LogP contribution >= 0.6 is 0 Å². The van der Waals surface area contributed by atoms with Crippen molar-refractivity contribution in [3.63, 3.8) is 0 Å². The average Bonchev–Trinajstić information content (AvgIpc) is 2.44. The van der Waals surface area contributed by atoms with Crippen molar-refractivity contribution in [1.29, 1.82) is 0 Å². The first kappa shape index (κ1) is 13.3. The number of carbonyl (C=O) groups excluding carboxylic acids is 1. The van der Waals surface area contributed by atoms with E-state index in [1.54, 1.807) is 11.8 Å². The van der Waals surface area contributed by atoms with E-state index >= 15 is 0 Å². The summed E-state index contributed by atoms with van der Waals surface area (Å²) in [5.41, 5.74) is 2.44. The Balaban J connectivity index is 2.37.